The van der Waals surface area contributed by atoms with Gasteiger partial charge >= 0.3 is 0 Å². The predicted molar refractivity (Wildman–Crippen MR) is 149 cm³/mol. The van der Waals surface area contributed by atoms with Crippen LogP contribution < -0.4 is 10.4 Å². The number of aliphatic hydroxyl groups excluding tert-OH is 1. The summed E-state index contributed by atoms with van der Waals surface area (Å²) < 4.78 is 9.30. The van der Waals surface area contributed by atoms with Gasteiger partial charge in [-0.25, -0.2) is 0 Å². The minimum Gasteiger partial charge on any atom is -0.401 e. The van der Waals surface area contributed by atoms with Gasteiger partial charge in [0, 0.05) is 6.61 Å². The Kier molecular flexibility index (Phi) is 11.7. The second-order valence-corrected chi connectivity index (χ2v) is 13.9. The number of hydrogen-bond donors (Lipinski definition) is 1. The highest BCUT2D eigenvalue weighted by Gasteiger charge is 2.51. The molecule has 0 fully saturated rings. The van der Waals surface area contributed by atoms with Crippen molar-refractivity contribution in [1.82, 2.24) is 0 Å². The van der Waals surface area contributed by atoms with Crippen molar-refractivity contribution in [2.45, 2.75) is 57.6 Å². The van der Waals surface area contributed by atoms with Crippen LogP contribution in [-0.2, 0) is 4.43 Å². The first-order valence-electron chi connectivity index (χ1n) is 11.4. The molecule has 1 N–H and O–H groups in total. The van der Waals surface area contributed by atoms with Crippen molar-refractivity contribution in [2.24, 2.45) is 0 Å². The van der Waals surface area contributed by atoms with Gasteiger partial charge in [-0.2, -0.15) is 0 Å². The molecule has 0 bridgehead atoms. The standard InChI is InChI=1S/C28H37IO2Si/c1-28(2,3)32(26-18-12-9-13-19-26,27-20-14-10-15-21-27)31-25(22-23-29)17-11-7-5-4-6-8-16-24-30/h4,6-7,9-15,18-23,25,30H,5,8,16-17,24H2,1-3H3/b6-4-,11-7-,23-22+/t25-/m1/s1. The fraction of sp³-hybridized carbons (Fsp3) is 0.357. The zero-order chi connectivity index (χ0) is 23.3. The van der Waals surface area contributed by atoms with E-state index in [0.717, 1.165) is 25.7 Å². The maximum absolute atomic E-state index is 8.87. The summed E-state index contributed by atoms with van der Waals surface area (Å²) in [5.41, 5.74) is 0. The lowest BCUT2D eigenvalue weighted by Gasteiger charge is -2.44. The summed E-state index contributed by atoms with van der Waals surface area (Å²) in [6, 6.07) is 21.6. The summed E-state index contributed by atoms with van der Waals surface area (Å²) in [6.45, 7) is 7.20. The van der Waals surface area contributed by atoms with Gasteiger partial charge in [-0.3, -0.25) is 0 Å². The van der Waals surface area contributed by atoms with Crippen LogP contribution in [0, 0.1) is 0 Å². The monoisotopic (exact) mass is 560 g/mol. The average molecular weight is 561 g/mol. The van der Waals surface area contributed by atoms with Gasteiger partial charge in [-0.1, -0.05) is 134 Å². The summed E-state index contributed by atoms with van der Waals surface area (Å²) in [5, 5.41) is 11.4. The highest BCUT2D eigenvalue weighted by atomic mass is 127. The van der Waals surface area contributed by atoms with E-state index < -0.39 is 8.32 Å². The van der Waals surface area contributed by atoms with Crippen molar-refractivity contribution in [3.8, 4) is 0 Å². The van der Waals surface area contributed by atoms with Gasteiger partial charge in [0.25, 0.3) is 8.32 Å². The number of unbranched alkanes of at least 4 members (excludes halogenated alkanes) is 1. The Bertz CT molecular complexity index is 815. The third-order valence-corrected chi connectivity index (χ3v) is 11.0. The zero-order valence-electron chi connectivity index (χ0n) is 19.6. The lowest BCUT2D eigenvalue weighted by Crippen LogP contribution is -2.67. The molecular formula is C28H37IO2Si. The van der Waals surface area contributed by atoms with Crippen LogP contribution >= 0.6 is 22.6 Å². The molecule has 0 spiro atoms. The van der Waals surface area contributed by atoms with Crippen LogP contribution in [0.15, 0.2) is 95.1 Å². The summed E-state index contributed by atoms with van der Waals surface area (Å²) in [7, 11) is -2.57. The first-order chi connectivity index (χ1) is 15.5. The maximum Gasteiger partial charge on any atom is 0.261 e. The third kappa shape index (κ3) is 7.54. The van der Waals surface area contributed by atoms with Crippen molar-refractivity contribution in [3.63, 3.8) is 0 Å². The second-order valence-electron chi connectivity index (χ2n) is 8.92. The second kappa shape index (κ2) is 13.9. The molecule has 172 valence electrons. The third-order valence-electron chi connectivity index (χ3n) is 5.54. The molecule has 0 saturated carbocycles. The summed E-state index contributed by atoms with van der Waals surface area (Å²) >= 11 is 2.29. The minimum atomic E-state index is -2.57. The molecule has 0 aliphatic heterocycles. The minimum absolute atomic E-state index is 0.00724. The van der Waals surface area contributed by atoms with Crippen LogP contribution in [0.4, 0.5) is 0 Å². The molecule has 0 aliphatic carbocycles. The van der Waals surface area contributed by atoms with E-state index in [1.165, 1.54) is 10.4 Å². The topological polar surface area (TPSA) is 29.5 Å². The fourth-order valence-electron chi connectivity index (χ4n) is 3.99. The molecule has 2 aromatic carbocycles. The molecule has 32 heavy (non-hydrogen) atoms. The molecule has 4 heteroatoms. The fourth-order valence-corrected chi connectivity index (χ4v) is 9.10. The van der Waals surface area contributed by atoms with E-state index in [4.69, 9.17) is 9.53 Å². The van der Waals surface area contributed by atoms with E-state index in [-0.39, 0.29) is 17.7 Å². The molecule has 0 unspecified atom stereocenters. The van der Waals surface area contributed by atoms with Gasteiger partial charge in [-0.05, 0) is 45.2 Å². The molecule has 0 heterocycles. The first kappa shape index (κ1) is 26.8. The van der Waals surface area contributed by atoms with E-state index in [2.05, 4.69) is 138 Å². The van der Waals surface area contributed by atoms with E-state index in [1.807, 2.05) is 0 Å². The SMILES string of the molecule is CC(C)(C)[Si](O[C@@H](/C=C/I)C/C=C\C/C=C\CCCO)(c1ccccc1)c1ccccc1. The summed E-state index contributed by atoms with van der Waals surface area (Å²) in [6.07, 6.45) is 14.4. The molecule has 0 amide bonds. The van der Waals surface area contributed by atoms with Crippen molar-refractivity contribution in [2.75, 3.05) is 6.61 Å². The van der Waals surface area contributed by atoms with Crippen LogP contribution in [0.2, 0.25) is 5.04 Å². The molecule has 2 nitrogen and oxygen atoms in total. The Morgan fingerprint density at radius 2 is 1.47 bits per heavy atom. The normalized spacial score (nSPS) is 14.0. The lowest BCUT2D eigenvalue weighted by molar-refractivity contribution is 0.236. The van der Waals surface area contributed by atoms with Crippen LogP contribution in [0.25, 0.3) is 0 Å². The summed E-state index contributed by atoms with van der Waals surface area (Å²) in [4.78, 5) is 0. The number of hydrogen-bond acceptors (Lipinski definition) is 2. The largest absolute Gasteiger partial charge is 0.401 e. The molecule has 2 rings (SSSR count). The maximum atomic E-state index is 8.87. The van der Waals surface area contributed by atoms with Gasteiger partial charge in [0.05, 0.1) is 6.10 Å². The zero-order valence-corrected chi connectivity index (χ0v) is 22.7. The van der Waals surface area contributed by atoms with Crippen LogP contribution in [-0.4, -0.2) is 26.1 Å². The van der Waals surface area contributed by atoms with E-state index in [0.29, 0.717) is 0 Å². The highest BCUT2D eigenvalue weighted by Crippen LogP contribution is 2.38. The van der Waals surface area contributed by atoms with Crippen LogP contribution in [0.1, 0.15) is 46.5 Å². The molecule has 1 atom stereocenters. The molecule has 0 saturated heterocycles. The molecule has 0 aromatic heterocycles. The highest BCUT2D eigenvalue weighted by molar-refractivity contribution is 14.1. The number of allylic oxidation sites excluding steroid dienone is 3. The Balaban J connectivity index is 2.33. The van der Waals surface area contributed by atoms with Crippen molar-refractivity contribution in [1.29, 1.82) is 0 Å². The van der Waals surface area contributed by atoms with Crippen LogP contribution in [0.5, 0.6) is 0 Å². The molecule has 2 aromatic rings. The molecule has 0 aliphatic rings. The van der Waals surface area contributed by atoms with Gasteiger partial charge in [0.1, 0.15) is 0 Å². The van der Waals surface area contributed by atoms with E-state index in [1.54, 1.807) is 0 Å². The molecular weight excluding hydrogens is 523 g/mol. The van der Waals surface area contributed by atoms with Gasteiger partial charge in [0.2, 0.25) is 0 Å². The Morgan fingerprint density at radius 1 is 0.906 bits per heavy atom. The Morgan fingerprint density at radius 3 is 1.97 bits per heavy atom. The van der Waals surface area contributed by atoms with E-state index in [9.17, 15) is 0 Å². The molecule has 0 radical (unpaired) electrons. The van der Waals surface area contributed by atoms with Crippen LogP contribution in [0.3, 0.4) is 0 Å². The Labute approximate surface area is 209 Å². The lowest BCUT2D eigenvalue weighted by atomic mass is 10.2. The number of halogens is 1. The predicted octanol–water partition coefficient (Wildman–Crippen LogP) is 6.55. The Hall–Kier alpha value is -1.47. The van der Waals surface area contributed by atoms with Crippen molar-refractivity contribution in [3.05, 3.63) is 95.1 Å². The summed E-state index contributed by atoms with van der Waals surface area (Å²) in [5.74, 6) is 0. The van der Waals surface area contributed by atoms with Crippen molar-refractivity contribution >= 4 is 41.3 Å². The number of benzene rings is 2. The smallest absolute Gasteiger partial charge is 0.261 e. The first-order valence-corrected chi connectivity index (χ1v) is 14.6. The van der Waals surface area contributed by atoms with Crippen molar-refractivity contribution < 1.29 is 9.53 Å². The van der Waals surface area contributed by atoms with Gasteiger partial charge in [-0.15, -0.1) is 0 Å². The van der Waals surface area contributed by atoms with Gasteiger partial charge < -0.3 is 9.53 Å². The number of rotatable bonds is 12. The number of aliphatic hydroxyl groups is 1. The van der Waals surface area contributed by atoms with E-state index >= 15 is 0 Å². The van der Waals surface area contributed by atoms with Gasteiger partial charge in [0.15, 0.2) is 0 Å². The average Bonchev–Trinajstić information content (AvgIpc) is 2.79. The quantitative estimate of drug-likeness (QED) is 0.138.